The second kappa shape index (κ2) is 6.50. The molecule has 0 radical (unpaired) electrons. The fourth-order valence-corrected chi connectivity index (χ4v) is 4.69. The summed E-state index contributed by atoms with van der Waals surface area (Å²) in [7, 11) is 1.59. The van der Waals surface area contributed by atoms with Gasteiger partial charge in [-0.2, -0.15) is 0 Å². The molecule has 1 atom stereocenters. The van der Waals surface area contributed by atoms with Gasteiger partial charge in [0.05, 0.1) is 19.4 Å². The molecule has 3 rings (SSSR count). The van der Waals surface area contributed by atoms with E-state index >= 15 is 0 Å². The lowest BCUT2D eigenvalue weighted by molar-refractivity contribution is -0.0328. The van der Waals surface area contributed by atoms with Crippen LogP contribution in [0.4, 0.5) is 0 Å². The van der Waals surface area contributed by atoms with E-state index in [4.69, 9.17) is 9.47 Å². The van der Waals surface area contributed by atoms with Crippen LogP contribution in [0.5, 0.6) is 11.5 Å². The summed E-state index contributed by atoms with van der Waals surface area (Å²) in [6.07, 6.45) is 5.95. The molecule has 2 heterocycles. The summed E-state index contributed by atoms with van der Waals surface area (Å²) < 4.78 is 14.4. The summed E-state index contributed by atoms with van der Waals surface area (Å²) in [6, 6.07) is 5.43. The van der Waals surface area contributed by atoms with Gasteiger partial charge in [0, 0.05) is 32.0 Å². The molecule has 0 fully saturated rings. The van der Waals surface area contributed by atoms with Crippen LogP contribution in [-0.4, -0.2) is 31.3 Å². The summed E-state index contributed by atoms with van der Waals surface area (Å²) in [4.78, 5) is 0. The Morgan fingerprint density at radius 3 is 2.83 bits per heavy atom. The number of fused-ring (bicyclic) bond motifs is 1. The van der Waals surface area contributed by atoms with Gasteiger partial charge in [0.2, 0.25) is 0 Å². The molecule has 2 aliphatic rings. The van der Waals surface area contributed by atoms with Crippen molar-refractivity contribution in [3.8, 4) is 11.5 Å². The first-order valence-corrected chi connectivity index (χ1v) is 9.94. The van der Waals surface area contributed by atoms with Gasteiger partial charge in [0.1, 0.15) is 17.1 Å². The monoisotopic (exact) mass is 443 g/mol. The molecular weight excluding hydrogens is 421 g/mol. The van der Waals surface area contributed by atoms with Crippen molar-refractivity contribution in [2.75, 3.05) is 13.7 Å². The molecule has 0 saturated heterocycles. The van der Waals surface area contributed by atoms with E-state index in [2.05, 4.69) is 13.8 Å². The van der Waals surface area contributed by atoms with Crippen LogP contribution in [0.3, 0.4) is 0 Å². The van der Waals surface area contributed by atoms with Gasteiger partial charge in [-0.05, 0) is 34.7 Å². The fraction of sp³-hybridized carbons (Fsp3) is 0.389. The van der Waals surface area contributed by atoms with E-state index in [0.717, 1.165) is 0 Å². The molecule has 2 aliphatic heterocycles. The summed E-state index contributed by atoms with van der Waals surface area (Å²) in [5, 5.41) is 22.2. The minimum atomic E-state index is -1.36. The number of rotatable bonds is 2. The third kappa shape index (κ3) is 3.22. The summed E-state index contributed by atoms with van der Waals surface area (Å²) in [5.74, 6) is 1.26. The lowest BCUT2D eigenvalue weighted by atomic mass is 9.76. The summed E-state index contributed by atoms with van der Waals surface area (Å²) in [5.41, 5.74) is -0.521. The third-order valence-electron chi connectivity index (χ3n) is 4.19. The molecule has 1 unspecified atom stereocenters. The Labute approximate surface area is 152 Å². The highest BCUT2D eigenvalue weighted by atomic mass is 127. The van der Waals surface area contributed by atoms with Gasteiger partial charge >= 0.3 is 0 Å². The van der Waals surface area contributed by atoms with Crippen molar-refractivity contribution in [2.45, 2.75) is 25.9 Å². The van der Waals surface area contributed by atoms with Crippen molar-refractivity contribution in [3.63, 3.8) is 0 Å². The van der Waals surface area contributed by atoms with Crippen molar-refractivity contribution < 1.29 is 19.8 Å². The number of allylic oxidation sites excluding steroid dienone is 3. The van der Waals surface area contributed by atoms with E-state index in [0.29, 0.717) is 35.8 Å². The lowest BCUT2D eigenvalue weighted by Gasteiger charge is -2.36. The Bertz CT molecular complexity index is 726. The van der Waals surface area contributed by atoms with Gasteiger partial charge in [0.15, 0.2) is 0 Å². The Balaban J connectivity index is 2.21. The normalized spacial score (nSPS) is 25.5. The first kappa shape index (κ1) is 17.4. The van der Waals surface area contributed by atoms with E-state index in [1.54, 1.807) is 19.3 Å². The Kier molecular flexibility index (Phi) is 4.72. The van der Waals surface area contributed by atoms with Gasteiger partial charge < -0.3 is 14.6 Å². The zero-order chi connectivity index (χ0) is 17.4. The van der Waals surface area contributed by atoms with Crippen molar-refractivity contribution in [1.82, 2.24) is 3.28 Å². The Morgan fingerprint density at radius 2 is 2.08 bits per heavy atom. The molecule has 5 nitrogen and oxygen atoms in total. The Morgan fingerprint density at radius 1 is 1.29 bits per heavy atom. The van der Waals surface area contributed by atoms with E-state index in [-0.39, 0.29) is 5.41 Å². The van der Waals surface area contributed by atoms with Gasteiger partial charge in [-0.1, -0.05) is 26.0 Å². The van der Waals surface area contributed by atoms with Crippen LogP contribution in [0.2, 0.25) is 0 Å². The molecule has 24 heavy (non-hydrogen) atoms. The molecule has 0 saturated carbocycles. The van der Waals surface area contributed by atoms with Crippen molar-refractivity contribution >= 4 is 25.0 Å². The molecule has 0 aromatic heterocycles. The highest BCUT2D eigenvalue weighted by molar-refractivity contribution is 14.2. The highest BCUT2D eigenvalue weighted by Gasteiger charge is 2.46. The van der Waals surface area contributed by atoms with Gasteiger partial charge in [0.25, 0.3) is 0 Å². The van der Waals surface area contributed by atoms with Gasteiger partial charge in [-0.15, -0.1) is 0 Å². The largest absolute Gasteiger partial charge is 0.497 e. The highest BCUT2D eigenvalue weighted by Crippen LogP contribution is 2.49. The zero-order valence-electron chi connectivity index (χ0n) is 14.0. The lowest BCUT2D eigenvalue weighted by Crippen LogP contribution is -2.38. The van der Waals surface area contributed by atoms with Crippen LogP contribution in [0.1, 0.15) is 25.8 Å². The number of nitrogens with zero attached hydrogens (tertiary/aromatic N) is 1. The number of hydrogen-bond donors (Lipinski definition) is 2. The molecule has 0 amide bonds. The van der Waals surface area contributed by atoms with Crippen LogP contribution < -0.4 is 9.47 Å². The fourth-order valence-electron chi connectivity index (χ4n) is 3.10. The third-order valence-corrected chi connectivity index (χ3v) is 5.98. The Hall–Kier alpha value is -1.38. The maximum atomic E-state index is 11.7. The first-order chi connectivity index (χ1) is 11.4. The second-order valence-electron chi connectivity index (χ2n) is 6.77. The predicted molar refractivity (Wildman–Crippen MR) is 102 cm³/mol. The summed E-state index contributed by atoms with van der Waals surface area (Å²) >= 11 is -0.741. The van der Waals surface area contributed by atoms with Crippen molar-refractivity contribution in [1.29, 1.82) is 0 Å². The number of methoxy groups -OCH3 is 1. The van der Waals surface area contributed by atoms with Crippen molar-refractivity contribution in [2.24, 2.45) is 5.41 Å². The van der Waals surface area contributed by atoms with Crippen LogP contribution in [-0.2, 0) is 5.60 Å². The van der Waals surface area contributed by atoms with Crippen LogP contribution >= 0.6 is 21.0 Å². The van der Waals surface area contributed by atoms with Crippen LogP contribution in [0.25, 0.3) is 0 Å². The smallest absolute Gasteiger partial charge is 0.137 e. The molecule has 130 valence electrons. The average Bonchev–Trinajstić information content (AvgIpc) is 2.81. The van der Waals surface area contributed by atoms with Crippen LogP contribution in [0, 0.1) is 5.41 Å². The molecule has 0 aliphatic carbocycles. The molecular formula is C18H22INO4. The first-order valence-electron chi connectivity index (χ1n) is 7.73. The number of halogens is 1. The van der Waals surface area contributed by atoms with E-state index in [1.807, 2.05) is 28.3 Å². The maximum absolute atomic E-state index is 11.7. The van der Waals surface area contributed by atoms with E-state index < -0.39 is 26.6 Å². The molecule has 6 heteroatoms. The zero-order valence-corrected chi connectivity index (χ0v) is 16.1. The topological polar surface area (TPSA) is 62.2 Å². The minimum absolute atomic E-state index is 0.263. The molecule has 0 bridgehead atoms. The SMILES string of the molecule is COc1ccc2c(c1)C(O)(C1=CC=CC=IN1O)CC(C)(C)CO2. The number of hydroxylamine groups is 1. The van der Waals surface area contributed by atoms with Gasteiger partial charge in [-0.25, -0.2) is 3.28 Å². The molecule has 0 spiro atoms. The standard InChI is InChI=1S/C18H22INO4/c1-17(2)11-18(21,16-6-4-5-9-19-20(16)22)14-10-13(23-3)7-8-15(14)24-12-17/h4-10,21-22H,11-12H2,1-3H3. The van der Waals surface area contributed by atoms with Crippen LogP contribution in [0.15, 0.2) is 42.1 Å². The number of ether oxygens (including phenoxy) is 2. The number of hydrogen-bond acceptors (Lipinski definition) is 5. The summed E-state index contributed by atoms with van der Waals surface area (Å²) in [6.45, 7) is 4.60. The van der Waals surface area contributed by atoms with E-state index in [1.165, 1.54) is 3.28 Å². The predicted octanol–water partition coefficient (Wildman–Crippen LogP) is 3.52. The number of aliphatic hydroxyl groups is 1. The minimum Gasteiger partial charge on any atom is -0.497 e. The average molecular weight is 443 g/mol. The second-order valence-corrected chi connectivity index (χ2v) is 8.96. The quantitative estimate of drug-likeness (QED) is 0.541. The maximum Gasteiger partial charge on any atom is 0.137 e. The molecule has 1 aromatic rings. The molecule has 1 aromatic carbocycles. The van der Waals surface area contributed by atoms with E-state index in [9.17, 15) is 10.3 Å². The van der Waals surface area contributed by atoms with Crippen molar-refractivity contribution in [3.05, 3.63) is 47.7 Å². The molecule has 2 N–H and O–H groups in total. The van der Waals surface area contributed by atoms with Gasteiger partial charge in [-0.3, -0.25) is 5.21 Å². The number of benzene rings is 1.